The average Bonchev–Trinajstić information content (AvgIpc) is 0.832. The number of carbonyl (C=O) groups excluding carboxylic acids is 6. The molecule has 0 radical (unpaired) electrons. The van der Waals surface area contributed by atoms with Crippen molar-refractivity contribution < 1.29 is 103 Å². The van der Waals surface area contributed by atoms with Crippen molar-refractivity contribution in [1.82, 2.24) is 0 Å². The molecule has 0 saturated carbocycles. The maximum Gasteiger partial charge on any atom is 0.336 e. The summed E-state index contributed by atoms with van der Waals surface area (Å²) in [6.45, 7) is 7.88. The molecule has 0 aromatic heterocycles. The number of carbonyl (C=O) groups is 11. The first-order valence-electron chi connectivity index (χ1n) is 36.6. The number of anilines is 3. The number of nitrogens with one attached hydrogen (secondary N) is 3. The summed E-state index contributed by atoms with van der Waals surface area (Å²) >= 11 is 0. The van der Waals surface area contributed by atoms with Gasteiger partial charge in [-0.1, -0.05) is 139 Å². The van der Waals surface area contributed by atoms with Crippen LogP contribution in [-0.4, -0.2) is 144 Å². The number of hydrogen-bond donors (Lipinski definition) is 11. The first kappa shape index (κ1) is 91.1. The Morgan fingerprint density at radius 2 is 0.776 bits per heavy atom. The van der Waals surface area contributed by atoms with Gasteiger partial charge >= 0.3 is 29.8 Å². The highest BCUT2D eigenvalue weighted by Crippen LogP contribution is 2.23. The number of ether oxygens (including phenoxy) is 2. The van der Waals surface area contributed by atoms with Crippen molar-refractivity contribution in [3.8, 4) is 18.1 Å². The van der Waals surface area contributed by atoms with Crippen LogP contribution in [0, 0.1) is 12.3 Å². The number of amides is 3. The minimum Gasteiger partial charge on any atom is -0.491 e. The van der Waals surface area contributed by atoms with Crippen LogP contribution >= 0.6 is 0 Å². The van der Waals surface area contributed by atoms with Gasteiger partial charge in [-0.25, -0.2) is 24.0 Å². The van der Waals surface area contributed by atoms with E-state index in [1.165, 1.54) is 73.7 Å². The van der Waals surface area contributed by atoms with Gasteiger partial charge in [0.25, 0.3) is 17.7 Å². The zero-order valence-electron chi connectivity index (χ0n) is 64.5. The standard InChI is InChI=1S/C19H21NO4.C19H17NO4.C18H19NO4.C18H18O5.C18H16O4/c1-19(2,24)12-11-13-7-9-14(10-8-13)20-17(21)15-5-3-4-6-16(15)18(22)23;1-2-13-7-10-16(19(23)24)17(12-13)18(22)20-15-8-5-14(6-9-15)4-3-11-21;1-12(20)6-7-13-8-10-14(11-9-13)19-17(21)15-4-2-3-5-16(15)18(22)23;1-22-10-11-23-14-8-6-13(7-9-14)12-17(19)15-4-2-3-5-16(15)18(20)21;1-12(19)9-13-5-4-6-14(10-13)11-17(20)15-7-2-3-8-16(15)18(21)22/h3-10,24H,11-12H2,1-2H3,(H,20,21)(H,22,23);1,5-10,12,21H,3-4,11H2,(H,20,22)(H,23,24);2-5,8-12,20H,6-7H2,1H3,(H,19,21)(H,22,23);2-9H,10-12H2,1H3,(H,20,21);2-8,10H,9,11H2,1H3,(H,21,22). The SMILES string of the molecule is C#Cc1ccc(C(=O)O)c(C(=O)Nc2ccc(CCCO)cc2)c1.CC(=O)Cc1cccc(CC(=O)c2ccccc2C(=O)O)c1.CC(C)(O)CCc1ccc(NC(=O)c2ccccc2C(=O)O)cc1.CC(O)CCc1ccc(NC(=O)c2ccccc2C(=O)O)cc1.COCCOc1ccc(CC(=O)c2ccccc2C(=O)O)cc1. The number of aromatic carboxylic acids is 5. The number of ketones is 3. The minimum absolute atomic E-state index is 0.00684. The van der Waals surface area contributed by atoms with E-state index in [0.717, 1.165) is 52.6 Å². The number of hydrogen-bond acceptors (Lipinski definition) is 16. The number of carboxylic acid groups (broad SMARTS) is 5. The second-order valence-electron chi connectivity index (χ2n) is 27.0. The lowest BCUT2D eigenvalue weighted by molar-refractivity contribution is -0.116. The number of terminal acetylenes is 1. The summed E-state index contributed by atoms with van der Waals surface area (Å²) in [6.07, 6.45) is 9.77. The Labute approximate surface area is 671 Å². The van der Waals surface area contributed by atoms with Crippen LogP contribution in [0.5, 0.6) is 5.75 Å². The van der Waals surface area contributed by atoms with Crippen LogP contribution in [0.3, 0.4) is 0 Å². The van der Waals surface area contributed by atoms with E-state index in [2.05, 4.69) is 21.9 Å². The van der Waals surface area contributed by atoms with Crippen LogP contribution in [0.4, 0.5) is 17.1 Å². The molecule has 0 aliphatic heterocycles. The van der Waals surface area contributed by atoms with Gasteiger partial charge in [-0.2, -0.15) is 0 Å². The van der Waals surface area contributed by atoms with Crippen molar-refractivity contribution in [2.45, 2.75) is 97.2 Å². The Bertz CT molecular complexity index is 5100. The fourth-order valence-electron chi connectivity index (χ4n) is 11.2. The predicted octanol–water partition coefficient (Wildman–Crippen LogP) is 14.6. The molecule has 1 atom stereocenters. The Hall–Kier alpha value is -13.8. The third kappa shape index (κ3) is 30.7. The summed E-state index contributed by atoms with van der Waals surface area (Å²) in [5, 5.41) is 81.7. The topological polar surface area (TPSA) is 404 Å². The van der Waals surface area contributed by atoms with E-state index in [-0.39, 0.29) is 98.5 Å². The number of aryl methyl sites for hydroxylation is 3. The van der Waals surface area contributed by atoms with E-state index < -0.39 is 53.2 Å². The Morgan fingerprint density at radius 3 is 1.16 bits per heavy atom. The van der Waals surface area contributed by atoms with Crippen LogP contribution in [0.15, 0.2) is 237 Å². The highest BCUT2D eigenvalue weighted by Gasteiger charge is 2.22. The van der Waals surface area contributed by atoms with E-state index in [1.807, 2.05) is 48.5 Å². The molecule has 3 amide bonds. The second-order valence-corrected chi connectivity index (χ2v) is 27.0. The highest BCUT2D eigenvalue weighted by molar-refractivity contribution is 6.13. The molecule has 0 bridgehead atoms. The molecule has 24 heteroatoms. The van der Waals surface area contributed by atoms with E-state index in [4.69, 9.17) is 41.4 Å². The van der Waals surface area contributed by atoms with Crippen molar-refractivity contribution in [2.24, 2.45) is 0 Å². The Balaban J connectivity index is 0.000000225. The third-order valence-electron chi connectivity index (χ3n) is 17.2. The summed E-state index contributed by atoms with van der Waals surface area (Å²) in [5.74, 6) is -4.47. The molecule has 0 spiro atoms. The summed E-state index contributed by atoms with van der Waals surface area (Å²) in [5.41, 5.74) is 7.59. The monoisotopic (exact) mass is 1570 g/mol. The van der Waals surface area contributed by atoms with Gasteiger partial charge < -0.3 is 66.3 Å². The maximum atomic E-state index is 12.4. The van der Waals surface area contributed by atoms with E-state index in [0.29, 0.717) is 67.3 Å². The molecule has 0 saturated heterocycles. The highest BCUT2D eigenvalue weighted by atomic mass is 16.5. The average molecular weight is 1570 g/mol. The van der Waals surface area contributed by atoms with Gasteiger partial charge in [0.2, 0.25) is 0 Å². The molecule has 0 aliphatic rings. The zero-order valence-corrected chi connectivity index (χ0v) is 64.5. The van der Waals surface area contributed by atoms with E-state index >= 15 is 0 Å². The first-order valence-corrected chi connectivity index (χ1v) is 36.6. The molecule has 1 unspecified atom stereocenters. The predicted molar refractivity (Wildman–Crippen MR) is 439 cm³/mol. The zero-order chi connectivity index (χ0) is 84.9. The lowest BCUT2D eigenvalue weighted by Gasteiger charge is -2.16. The van der Waals surface area contributed by atoms with E-state index in [9.17, 15) is 68.1 Å². The molecule has 10 aromatic carbocycles. The molecule has 24 nitrogen and oxygen atoms in total. The van der Waals surface area contributed by atoms with Gasteiger partial charge in [-0.3, -0.25) is 28.8 Å². The number of aliphatic hydroxyl groups is 3. The van der Waals surface area contributed by atoms with Gasteiger partial charge in [-0.05, 0) is 203 Å². The number of rotatable bonds is 32. The van der Waals surface area contributed by atoms with Crippen molar-refractivity contribution in [3.63, 3.8) is 0 Å². The Morgan fingerprint density at radius 1 is 0.414 bits per heavy atom. The maximum absolute atomic E-state index is 12.4. The number of methoxy groups -OCH3 is 1. The molecule has 116 heavy (non-hydrogen) atoms. The molecule has 600 valence electrons. The van der Waals surface area contributed by atoms with Crippen molar-refractivity contribution in [2.75, 3.05) is 42.9 Å². The number of aliphatic hydroxyl groups excluding tert-OH is 2. The van der Waals surface area contributed by atoms with Crippen molar-refractivity contribution >= 4 is 82.0 Å². The molecular weight excluding hydrogens is 1480 g/mol. The smallest absolute Gasteiger partial charge is 0.336 e. The molecule has 10 rings (SSSR count). The summed E-state index contributed by atoms with van der Waals surface area (Å²) in [6, 6.07) is 64.9. The summed E-state index contributed by atoms with van der Waals surface area (Å²) < 4.78 is 10.4. The largest absolute Gasteiger partial charge is 0.491 e. The van der Waals surface area contributed by atoms with Gasteiger partial charge in [0.1, 0.15) is 18.1 Å². The third-order valence-corrected chi connectivity index (χ3v) is 17.2. The van der Waals surface area contributed by atoms with Gasteiger partial charge in [0.05, 0.1) is 62.8 Å². The molecule has 0 aliphatic carbocycles. The van der Waals surface area contributed by atoms with Crippen molar-refractivity contribution in [3.05, 3.63) is 331 Å². The van der Waals surface area contributed by atoms with E-state index in [1.54, 1.807) is 149 Å². The van der Waals surface area contributed by atoms with Crippen LogP contribution < -0.4 is 20.7 Å². The first-order chi connectivity index (χ1) is 55.4. The quantitative estimate of drug-likeness (QED) is 0.0106. The Kier molecular flexibility index (Phi) is 36.3. The van der Waals surface area contributed by atoms with Gasteiger partial charge in [0.15, 0.2) is 11.6 Å². The molecule has 0 fully saturated rings. The van der Waals surface area contributed by atoms with Gasteiger partial charge in [-0.15, -0.1) is 6.42 Å². The molecule has 0 heterocycles. The number of carboxylic acids is 5. The van der Waals surface area contributed by atoms with Crippen molar-refractivity contribution in [1.29, 1.82) is 0 Å². The van der Waals surface area contributed by atoms with Crippen LogP contribution in [0.2, 0.25) is 0 Å². The summed E-state index contributed by atoms with van der Waals surface area (Å²) in [7, 11) is 1.60. The molecular formula is C92H91N3O21. The molecule has 11 N–H and O–H groups in total. The van der Waals surface area contributed by atoms with Crippen LogP contribution in [-0.2, 0) is 48.1 Å². The molecule has 10 aromatic rings. The fraction of sp³-hybridized carbons (Fsp3) is 0.207. The van der Waals surface area contributed by atoms with Gasteiger partial charge in [0, 0.05) is 66.7 Å². The summed E-state index contributed by atoms with van der Waals surface area (Å²) in [4.78, 5) is 129. The van der Waals surface area contributed by atoms with Crippen LogP contribution in [0.25, 0.3) is 0 Å². The number of Topliss-reactive ketones (excluding diaryl/α,β-unsaturated/α-hetero) is 3. The normalized spacial score (nSPS) is 10.7. The number of benzene rings is 10. The second kappa shape index (κ2) is 46.2. The lowest BCUT2D eigenvalue weighted by Crippen LogP contribution is -2.19. The van der Waals surface area contributed by atoms with Crippen LogP contribution in [0.1, 0.15) is 189 Å². The lowest BCUT2D eigenvalue weighted by atomic mass is 9.97. The fourth-order valence-corrected chi connectivity index (χ4v) is 11.2. The minimum atomic E-state index is -1.19.